The molecule has 0 aliphatic rings. The highest BCUT2D eigenvalue weighted by Gasteiger charge is 2.14. The van der Waals surface area contributed by atoms with Crippen molar-refractivity contribution in [2.45, 2.75) is 53.2 Å². The molecule has 0 saturated heterocycles. The van der Waals surface area contributed by atoms with E-state index in [0.717, 1.165) is 22.6 Å². The number of carbonyl (C=O) groups is 1. The standard InChI is InChI=1S/C24H27NO4/c1-16-22(17(2)29-25-16)15-28-23(26)19-8-6-18(7-9-19)14-27-21-12-10-20(11-13-21)24(3,4)5/h6-13H,14-15H2,1-5H3. The molecule has 29 heavy (non-hydrogen) atoms. The summed E-state index contributed by atoms with van der Waals surface area (Å²) >= 11 is 0. The zero-order chi connectivity index (χ0) is 21.0. The first-order valence-corrected chi connectivity index (χ1v) is 9.65. The summed E-state index contributed by atoms with van der Waals surface area (Å²) in [5, 5.41) is 3.86. The van der Waals surface area contributed by atoms with Crippen LogP contribution in [0.5, 0.6) is 5.75 Å². The summed E-state index contributed by atoms with van der Waals surface area (Å²) in [4.78, 5) is 12.3. The molecule has 1 aromatic heterocycles. The smallest absolute Gasteiger partial charge is 0.338 e. The maximum absolute atomic E-state index is 12.3. The van der Waals surface area contributed by atoms with E-state index in [2.05, 4.69) is 38.1 Å². The molecule has 0 bridgehead atoms. The van der Waals surface area contributed by atoms with Gasteiger partial charge >= 0.3 is 5.97 Å². The van der Waals surface area contributed by atoms with Gasteiger partial charge < -0.3 is 14.0 Å². The fraction of sp³-hybridized carbons (Fsp3) is 0.333. The molecule has 0 radical (unpaired) electrons. The number of benzene rings is 2. The van der Waals surface area contributed by atoms with Gasteiger partial charge in [0, 0.05) is 0 Å². The third kappa shape index (κ3) is 5.25. The van der Waals surface area contributed by atoms with Crippen molar-refractivity contribution < 1.29 is 18.8 Å². The summed E-state index contributed by atoms with van der Waals surface area (Å²) in [5.74, 6) is 1.11. The molecule has 3 aromatic rings. The van der Waals surface area contributed by atoms with E-state index in [-0.39, 0.29) is 18.0 Å². The molecule has 3 rings (SSSR count). The third-order valence-electron chi connectivity index (χ3n) is 4.84. The van der Waals surface area contributed by atoms with Crippen molar-refractivity contribution in [3.05, 3.63) is 82.2 Å². The average Bonchev–Trinajstić information content (AvgIpc) is 3.02. The summed E-state index contributed by atoms with van der Waals surface area (Å²) in [6.07, 6.45) is 0. The van der Waals surface area contributed by atoms with Gasteiger partial charge in [-0.15, -0.1) is 0 Å². The molecule has 5 nitrogen and oxygen atoms in total. The van der Waals surface area contributed by atoms with Crippen molar-refractivity contribution in [2.75, 3.05) is 0 Å². The van der Waals surface area contributed by atoms with Crippen LogP contribution >= 0.6 is 0 Å². The zero-order valence-corrected chi connectivity index (χ0v) is 17.6. The Hall–Kier alpha value is -3.08. The average molecular weight is 393 g/mol. The van der Waals surface area contributed by atoms with Gasteiger partial charge in [0.2, 0.25) is 0 Å². The number of rotatable bonds is 6. The van der Waals surface area contributed by atoms with Gasteiger partial charge in [0.1, 0.15) is 24.7 Å². The van der Waals surface area contributed by atoms with Crippen molar-refractivity contribution in [3.63, 3.8) is 0 Å². The summed E-state index contributed by atoms with van der Waals surface area (Å²) < 4.78 is 16.3. The number of hydrogen-bond donors (Lipinski definition) is 0. The first-order chi connectivity index (χ1) is 13.7. The molecule has 0 spiro atoms. The molecule has 0 amide bonds. The number of hydrogen-bond acceptors (Lipinski definition) is 5. The second kappa shape index (κ2) is 8.52. The zero-order valence-electron chi connectivity index (χ0n) is 17.6. The summed E-state index contributed by atoms with van der Waals surface area (Å²) in [6, 6.07) is 15.4. The van der Waals surface area contributed by atoms with E-state index in [9.17, 15) is 4.79 Å². The molecule has 0 unspecified atom stereocenters. The predicted molar refractivity (Wildman–Crippen MR) is 111 cm³/mol. The molecule has 152 valence electrons. The van der Waals surface area contributed by atoms with Crippen molar-refractivity contribution in [1.29, 1.82) is 0 Å². The largest absolute Gasteiger partial charge is 0.489 e. The molecule has 2 aromatic carbocycles. The van der Waals surface area contributed by atoms with Gasteiger partial charge in [-0.05, 0) is 54.7 Å². The van der Waals surface area contributed by atoms with Gasteiger partial charge in [-0.3, -0.25) is 0 Å². The minimum atomic E-state index is -0.379. The lowest BCUT2D eigenvalue weighted by atomic mass is 9.87. The van der Waals surface area contributed by atoms with E-state index in [1.165, 1.54) is 5.56 Å². The van der Waals surface area contributed by atoms with Crippen LogP contribution in [0.4, 0.5) is 0 Å². The van der Waals surface area contributed by atoms with E-state index >= 15 is 0 Å². The number of aromatic nitrogens is 1. The number of carbonyl (C=O) groups excluding carboxylic acids is 1. The van der Waals surface area contributed by atoms with Crippen molar-refractivity contribution in [3.8, 4) is 5.75 Å². The van der Waals surface area contributed by atoms with Gasteiger partial charge in [-0.2, -0.15) is 0 Å². The number of aryl methyl sites for hydroxylation is 2. The van der Waals surface area contributed by atoms with Crippen LogP contribution in [0.25, 0.3) is 0 Å². The van der Waals surface area contributed by atoms with Crippen LogP contribution in [0.15, 0.2) is 53.1 Å². The van der Waals surface area contributed by atoms with Crippen LogP contribution in [-0.4, -0.2) is 11.1 Å². The molecule has 5 heteroatoms. The van der Waals surface area contributed by atoms with E-state index in [1.807, 2.05) is 31.2 Å². The quantitative estimate of drug-likeness (QED) is 0.516. The van der Waals surface area contributed by atoms with Crippen LogP contribution in [0, 0.1) is 13.8 Å². The van der Waals surface area contributed by atoms with E-state index < -0.39 is 0 Å². The van der Waals surface area contributed by atoms with Crippen molar-refractivity contribution in [2.24, 2.45) is 0 Å². The Bertz CT molecular complexity index is 944. The lowest BCUT2D eigenvalue weighted by Gasteiger charge is -2.19. The minimum Gasteiger partial charge on any atom is -0.489 e. The highest BCUT2D eigenvalue weighted by atomic mass is 16.5. The van der Waals surface area contributed by atoms with Crippen LogP contribution in [-0.2, 0) is 23.4 Å². The molecule has 0 N–H and O–H groups in total. The fourth-order valence-electron chi connectivity index (χ4n) is 2.88. The highest BCUT2D eigenvalue weighted by molar-refractivity contribution is 5.89. The van der Waals surface area contributed by atoms with Gasteiger partial charge in [0.05, 0.1) is 16.8 Å². The topological polar surface area (TPSA) is 61.6 Å². The Morgan fingerprint density at radius 1 is 0.966 bits per heavy atom. The minimum absolute atomic E-state index is 0.120. The monoisotopic (exact) mass is 393 g/mol. The second-order valence-electron chi connectivity index (χ2n) is 8.14. The highest BCUT2D eigenvalue weighted by Crippen LogP contribution is 2.24. The predicted octanol–water partition coefficient (Wildman–Crippen LogP) is 5.52. The maximum atomic E-state index is 12.3. The molecule has 0 saturated carbocycles. The summed E-state index contributed by atoms with van der Waals surface area (Å²) in [5.41, 5.74) is 4.40. The Morgan fingerprint density at radius 2 is 1.62 bits per heavy atom. The summed E-state index contributed by atoms with van der Waals surface area (Å²) in [6.45, 7) is 10.8. The van der Waals surface area contributed by atoms with Gasteiger partial charge in [-0.25, -0.2) is 4.79 Å². The third-order valence-corrected chi connectivity index (χ3v) is 4.84. The normalized spacial score (nSPS) is 11.3. The first-order valence-electron chi connectivity index (χ1n) is 9.65. The second-order valence-corrected chi connectivity index (χ2v) is 8.14. The van der Waals surface area contributed by atoms with Crippen LogP contribution in [0.2, 0.25) is 0 Å². The molecule has 1 heterocycles. The van der Waals surface area contributed by atoms with E-state index in [0.29, 0.717) is 17.9 Å². The number of nitrogens with zero attached hydrogens (tertiary/aromatic N) is 1. The first kappa shape index (κ1) is 20.6. The Morgan fingerprint density at radius 3 is 2.17 bits per heavy atom. The van der Waals surface area contributed by atoms with Gasteiger partial charge in [0.15, 0.2) is 0 Å². The Kier molecular flexibility index (Phi) is 6.06. The molecule has 0 aliphatic heterocycles. The van der Waals surface area contributed by atoms with Crippen LogP contribution in [0.3, 0.4) is 0 Å². The lowest BCUT2D eigenvalue weighted by Crippen LogP contribution is -2.10. The molecule has 0 atom stereocenters. The van der Waals surface area contributed by atoms with Gasteiger partial charge in [0.25, 0.3) is 0 Å². The number of esters is 1. The van der Waals surface area contributed by atoms with Gasteiger partial charge in [-0.1, -0.05) is 50.2 Å². The fourth-order valence-corrected chi connectivity index (χ4v) is 2.88. The molecule has 0 aliphatic carbocycles. The molecule has 0 fully saturated rings. The SMILES string of the molecule is Cc1noc(C)c1COC(=O)c1ccc(COc2ccc(C(C)(C)C)cc2)cc1. The van der Waals surface area contributed by atoms with Crippen LogP contribution < -0.4 is 4.74 Å². The molecular formula is C24H27NO4. The Labute approximate surface area is 171 Å². The molecular weight excluding hydrogens is 366 g/mol. The van der Waals surface area contributed by atoms with Crippen molar-refractivity contribution in [1.82, 2.24) is 5.16 Å². The maximum Gasteiger partial charge on any atom is 0.338 e. The summed E-state index contributed by atoms with van der Waals surface area (Å²) in [7, 11) is 0. The van der Waals surface area contributed by atoms with Crippen LogP contribution in [0.1, 0.15) is 59.3 Å². The van der Waals surface area contributed by atoms with E-state index in [1.54, 1.807) is 19.1 Å². The van der Waals surface area contributed by atoms with Crippen molar-refractivity contribution >= 4 is 5.97 Å². The Balaban J connectivity index is 1.54. The number of ether oxygens (including phenoxy) is 2. The van der Waals surface area contributed by atoms with E-state index in [4.69, 9.17) is 14.0 Å². The lowest BCUT2D eigenvalue weighted by molar-refractivity contribution is 0.0471.